The third-order valence-corrected chi connectivity index (χ3v) is 1.51. The maximum Gasteiger partial charge on any atom is 0.349 e. The van der Waals surface area contributed by atoms with Crippen LogP contribution in [0.25, 0.3) is 0 Å². The molecule has 0 aromatic carbocycles. The number of hydrogen-bond acceptors (Lipinski definition) is 4. The number of amides is 3. The summed E-state index contributed by atoms with van der Waals surface area (Å²) in [7, 11) is 0. The lowest BCUT2D eigenvalue weighted by atomic mass is 10.1. The molecule has 0 aromatic heterocycles. The first-order valence-electron chi connectivity index (χ1n) is 3.41. The minimum Gasteiger partial charge on any atom is -0.288 e. The molecule has 0 saturated heterocycles. The van der Waals surface area contributed by atoms with Crippen molar-refractivity contribution in [3.63, 3.8) is 0 Å². The maximum atomic E-state index is 11.1. The molecule has 2 aliphatic heterocycles. The number of ketones is 1. The van der Waals surface area contributed by atoms with Crippen molar-refractivity contribution in [3.05, 3.63) is 11.6 Å². The molecular weight excluding hydrogens is 174 g/mol. The second kappa shape index (κ2) is 2.44. The Morgan fingerprint density at radius 1 is 1.23 bits per heavy atom. The number of nitrogens with zero attached hydrogens (tertiary/aromatic N) is 2. The van der Waals surface area contributed by atoms with Gasteiger partial charge in [-0.2, -0.15) is 4.99 Å². The molecule has 1 N–H and O–H groups in total. The molecular formula is C7H3N3O3. The van der Waals surface area contributed by atoms with Gasteiger partial charge in [-0.3, -0.25) is 14.9 Å². The predicted octanol–water partition coefficient (Wildman–Crippen LogP) is -0.785. The van der Waals surface area contributed by atoms with Crippen molar-refractivity contribution >= 4 is 29.8 Å². The standard InChI is InChI=1S/C7H3N3O3/c11-3-1-4-5(8-2-3)9-7(13)10-6(4)12/h1-2H,(H,10,12,13). The molecule has 0 aromatic rings. The fourth-order valence-corrected chi connectivity index (χ4v) is 0.983. The highest BCUT2D eigenvalue weighted by atomic mass is 16.2. The molecule has 6 nitrogen and oxygen atoms in total. The quantitative estimate of drug-likeness (QED) is 0.526. The second-order valence-corrected chi connectivity index (χ2v) is 2.41. The fraction of sp³-hybridized carbons (Fsp3) is 0. The second-order valence-electron chi connectivity index (χ2n) is 2.41. The molecule has 0 atom stereocenters. The van der Waals surface area contributed by atoms with Gasteiger partial charge in [-0.05, 0) is 0 Å². The van der Waals surface area contributed by atoms with Crippen LogP contribution >= 0.6 is 0 Å². The topological polar surface area (TPSA) is 88.0 Å². The van der Waals surface area contributed by atoms with E-state index in [1.54, 1.807) is 0 Å². The van der Waals surface area contributed by atoms with Crippen molar-refractivity contribution in [3.8, 4) is 0 Å². The van der Waals surface area contributed by atoms with E-state index in [0.717, 1.165) is 12.3 Å². The number of allylic oxidation sites excluding steroid dienone is 1. The van der Waals surface area contributed by atoms with Gasteiger partial charge in [0.05, 0.1) is 11.8 Å². The van der Waals surface area contributed by atoms with E-state index in [-0.39, 0.29) is 11.4 Å². The average molecular weight is 177 g/mol. The van der Waals surface area contributed by atoms with Crippen LogP contribution < -0.4 is 5.32 Å². The molecule has 0 fully saturated rings. The van der Waals surface area contributed by atoms with Crippen LogP contribution in [0.4, 0.5) is 4.79 Å². The van der Waals surface area contributed by atoms with E-state index in [2.05, 4.69) is 9.98 Å². The number of urea groups is 1. The lowest BCUT2D eigenvalue weighted by Crippen LogP contribution is -2.38. The minimum absolute atomic E-state index is 0.00616. The van der Waals surface area contributed by atoms with Crippen LogP contribution in [0.2, 0.25) is 0 Å². The maximum absolute atomic E-state index is 11.1. The van der Waals surface area contributed by atoms with Gasteiger partial charge in [-0.15, -0.1) is 0 Å². The van der Waals surface area contributed by atoms with Gasteiger partial charge in [0.1, 0.15) is 0 Å². The number of dihydropyridines is 1. The molecule has 64 valence electrons. The van der Waals surface area contributed by atoms with Gasteiger partial charge in [-0.25, -0.2) is 9.79 Å². The first kappa shape index (κ1) is 7.53. The summed E-state index contributed by atoms with van der Waals surface area (Å²) in [6.45, 7) is 0. The van der Waals surface area contributed by atoms with E-state index >= 15 is 0 Å². The van der Waals surface area contributed by atoms with Gasteiger partial charge < -0.3 is 0 Å². The van der Waals surface area contributed by atoms with E-state index in [1.807, 2.05) is 5.32 Å². The van der Waals surface area contributed by atoms with E-state index in [4.69, 9.17) is 0 Å². The van der Waals surface area contributed by atoms with Crippen LogP contribution in [0.1, 0.15) is 0 Å². The number of nitrogens with one attached hydrogen (secondary N) is 1. The van der Waals surface area contributed by atoms with E-state index in [1.165, 1.54) is 0 Å². The number of imide groups is 1. The number of amidine groups is 1. The van der Waals surface area contributed by atoms with Crippen molar-refractivity contribution in [2.24, 2.45) is 9.98 Å². The third kappa shape index (κ3) is 1.18. The summed E-state index contributed by atoms with van der Waals surface area (Å²) in [5.74, 6) is -1.04. The van der Waals surface area contributed by atoms with Crippen LogP contribution in [-0.4, -0.2) is 29.8 Å². The highest BCUT2D eigenvalue weighted by Crippen LogP contribution is 2.09. The molecule has 2 aliphatic rings. The largest absolute Gasteiger partial charge is 0.349 e. The molecule has 2 rings (SSSR count). The molecule has 0 bridgehead atoms. The van der Waals surface area contributed by atoms with Crippen LogP contribution in [0, 0.1) is 0 Å². The summed E-state index contributed by atoms with van der Waals surface area (Å²) >= 11 is 0. The van der Waals surface area contributed by atoms with Crippen molar-refractivity contribution in [2.45, 2.75) is 0 Å². The van der Waals surface area contributed by atoms with Crippen molar-refractivity contribution in [1.29, 1.82) is 0 Å². The van der Waals surface area contributed by atoms with Gasteiger partial charge in [0.2, 0.25) is 0 Å². The van der Waals surface area contributed by atoms with Crippen molar-refractivity contribution in [2.75, 3.05) is 0 Å². The summed E-state index contributed by atoms with van der Waals surface area (Å²) in [4.78, 5) is 39.6. The van der Waals surface area contributed by atoms with Gasteiger partial charge in [0.25, 0.3) is 5.91 Å². The first-order chi connectivity index (χ1) is 6.16. The highest BCUT2D eigenvalue weighted by Gasteiger charge is 2.26. The van der Waals surface area contributed by atoms with Crippen LogP contribution in [0.5, 0.6) is 0 Å². The summed E-state index contributed by atoms with van der Waals surface area (Å²) in [5, 5.41) is 1.94. The van der Waals surface area contributed by atoms with Crippen molar-refractivity contribution < 1.29 is 14.4 Å². The Kier molecular flexibility index (Phi) is 1.42. The molecule has 0 radical (unpaired) electrons. The Bertz CT molecular complexity index is 417. The van der Waals surface area contributed by atoms with Crippen LogP contribution in [0.3, 0.4) is 0 Å². The van der Waals surface area contributed by atoms with Crippen LogP contribution in [-0.2, 0) is 9.59 Å². The predicted molar refractivity (Wildman–Crippen MR) is 42.6 cm³/mol. The Morgan fingerprint density at radius 3 is 2.77 bits per heavy atom. The van der Waals surface area contributed by atoms with Gasteiger partial charge in [0.15, 0.2) is 11.6 Å². The molecule has 6 heteroatoms. The Morgan fingerprint density at radius 2 is 2.00 bits per heavy atom. The average Bonchev–Trinajstić information content (AvgIpc) is 2.06. The summed E-state index contributed by atoms with van der Waals surface area (Å²) in [6.07, 6.45) is 2.10. The smallest absolute Gasteiger partial charge is 0.288 e. The van der Waals surface area contributed by atoms with E-state index < -0.39 is 17.7 Å². The third-order valence-electron chi connectivity index (χ3n) is 1.51. The zero-order chi connectivity index (χ0) is 9.42. The highest BCUT2D eigenvalue weighted by molar-refractivity contribution is 6.44. The normalized spacial score (nSPS) is 20.5. The number of carbonyl (C=O) groups excluding carboxylic acids is 3. The number of rotatable bonds is 0. The molecule has 0 unspecified atom stereocenters. The SMILES string of the molecule is O=C1C=NC2=NC(=O)NC(=O)C2=C1. The number of aliphatic imine (C=N–C) groups is 2. The lowest BCUT2D eigenvalue weighted by molar-refractivity contribution is -0.116. The molecule has 3 amide bonds. The molecule has 2 heterocycles. The Balaban J connectivity index is 2.53. The van der Waals surface area contributed by atoms with Gasteiger partial charge >= 0.3 is 6.03 Å². The van der Waals surface area contributed by atoms with E-state index in [0.29, 0.717) is 0 Å². The lowest BCUT2D eigenvalue weighted by Gasteiger charge is -2.12. The number of carbonyl (C=O) groups is 3. The molecule has 0 spiro atoms. The summed E-state index contributed by atoms with van der Waals surface area (Å²) in [5.41, 5.74) is 0.0344. The Labute approximate surface area is 72.1 Å². The van der Waals surface area contributed by atoms with Gasteiger partial charge in [-0.1, -0.05) is 0 Å². The first-order valence-corrected chi connectivity index (χ1v) is 3.41. The molecule has 0 saturated carbocycles. The molecule has 0 aliphatic carbocycles. The summed E-state index contributed by atoms with van der Waals surface area (Å²) < 4.78 is 0. The monoisotopic (exact) mass is 177 g/mol. The number of hydrogen-bond donors (Lipinski definition) is 1. The zero-order valence-corrected chi connectivity index (χ0v) is 6.27. The van der Waals surface area contributed by atoms with E-state index in [9.17, 15) is 14.4 Å². The Hall–Kier alpha value is -2.11. The number of fused-ring (bicyclic) bond motifs is 1. The van der Waals surface area contributed by atoms with Crippen LogP contribution in [0.15, 0.2) is 21.6 Å². The minimum atomic E-state index is -0.761. The van der Waals surface area contributed by atoms with Crippen molar-refractivity contribution in [1.82, 2.24) is 5.32 Å². The molecule has 13 heavy (non-hydrogen) atoms. The zero-order valence-electron chi connectivity index (χ0n) is 6.27. The summed E-state index contributed by atoms with van der Waals surface area (Å²) in [6, 6.07) is -0.761. The fourth-order valence-electron chi connectivity index (χ4n) is 0.983. The van der Waals surface area contributed by atoms with Gasteiger partial charge in [0, 0.05) is 6.08 Å².